The number of non-ortho nitro benzene ring substituents is 1. The molecule has 0 radical (unpaired) electrons. The average Bonchev–Trinajstić information content (AvgIpc) is 2.46. The van der Waals surface area contributed by atoms with Crippen LogP contribution in [0.15, 0.2) is 48.5 Å². The Balaban J connectivity index is 2.02. The lowest BCUT2D eigenvalue weighted by atomic mass is 10.1. The van der Waals surface area contributed by atoms with Crippen molar-refractivity contribution >= 4 is 28.8 Å². The Morgan fingerprint density at radius 1 is 1.15 bits per heavy atom. The van der Waals surface area contributed by atoms with Crippen molar-refractivity contribution in [3.8, 4) is 0 Å². The largest absolute Gasteiger partial charge is 0.376 e. The van der Waals surface area contributed by atoms with E-state index in [1.807, 2.05) is 6.07 Å². The van der Waals surface area contributed by atoms with E-state index >= 15 is 0 Å². The van der Waals surface area contributed by atoms with E-state index in [1.54, 1.807) is 18.2 Å². The Labute approximate surface area is 120 Å². The van der Waals surface area contributed by atoms with Gasteiger partial charge in [0.1, 0.15) is 0 Å². The summed E-state index contributed by atoms with van der Waals surface area (Å²) in [6.45, 7) is 0.0710. The zero-order valence-corrected chi connectivity index (χ0v) is 11.1. The number of benzene rings is 2. The van der Waals surface area contributed by atoms with Crippen molar-refractivity contribution in [2.24, 2.45) is 0 Å². The topological polar surface area (TPSA) is 72.2 Å². The summed E-state index contributed by atoms with van der Waals surface area (Å²) >= 11 is 5.96. The molecule has 5 nitrogen and oxygen atoms in total. The SMILES string of the molecule is O=C(CNc1ccccc1Cl)c1ccc([N+](=O)[O-])cc1. The summed E-state index contributed by atoms with van der Waals surface area (Å²) in [5, 5.41) is 14.0. The van der Waals surface area contributed by atoms with E-state index < -0.39 is 4.92 Å². The molecule has 0 saturated carbocycles. The van der Waals surface area contributed by atoms with Crippen molar-refractivity contribution in [2.75, 3.05) is 11.9 Å². The van der Waals surface area contributed by atoms with Gasteiger partial charge in [0.15, 0.2) is 5.78 Å². The molecule has 0 aliphatic rings. The molecule has 0 amide bonds. The summed E-state index contributed by atoms with van der Waals surface area (Å²) in [5.74, 6) is -0.167. The second kappa shape index (κ2) is 6.16. The van der Waals surface area contributed by atoms with Gasteiger partial charge in [0, 0.05) is 17.7 Å². The number of para-hydroxylation sites is 1. The van der Waals surface area contributed by atoms with E-state index in [9.17, 15) is 14.9 Å². The first-order valence-corrected chi connectivity index (χ1v) is 6.22. The summed E-state index contributed by atoms with van der Waals surface area (Å²) in [4.78, 5) is 22.0. The summed E-state index contributed by atoms with van der Waals surface area (Å²) in [6.07, 6.45) is 0. The third-order valence-corrected chi connectivity index (χ3v) is 3.04. The predicted molar refractivity (Wildman–Crippen MR) is 77.4 cm³/mol. The molecule has 2 rings (SSSR count). The smallest absolute Gasteiger partial charge is 0.269 e. The molecule has 2 aromatic carbocycles. The number of hydrogen-bond donors (Lipinski definition) is 1. The van der Waals surface area contributed by atoms with Crippen molar-refractivity contribution in [1.82, 2.24) is 0 Å². The maximum absolute atomic E-state index is 11.9. The van der Waals surface area contributed by atoms with Crippen LogP contribution in [-0.4, -0.2) is 17.3 Å². The number of ketones is 1. The highest BCUT2D eigenvalue weighted by Crippen LogP contribution is 2.20. The highest BCUT2D eigenvalue weighted by Gasteiger charge is 2.09. The molecule has 0 aliphatic carbocycles. The molecule has 0 aliphatic heterocycles. The minimum absolute atomic E-state index is 0.0411. The highest BCUT2D eigenvalue weighted by atomic mass is 35.5. The fourth-order valence-corrected chi connectivity index (χ4v) is 1.85. The van der Waals surface area contributed by atoms with Gasteiger partial charge in [0.25, 0.3) is 5.69 Å². The van der Waals surface area contributed by atoms with Gasteiger partial charge in [-0.05, 0) is 24.3 Å². The Kier molecular flexibility index (Phi) is 4.32. The van der Waals surface area contributed by atoms with Crippen molar-refractivity contribution in [3.63, 3.8) is 0 Å². The van der Waals surface area contributed by atoms with E-state index in [-0.39, 0.29) is 18.0 Å². The van der Waals surface area contributed by atoms with Crippen molar-refractivity contribution in [2.45, 2.75) is 0 Å². The molecule has 6 heteroatoms. The van der Waals surface area contributed by atoms with Crippen LogP contribution >= 0.6 is 11.6 Å². The van der Waals surface area contributed by atoms with E-state index in [2.05, 4.69) is 5.32 Å². The molecule has 20 heavy (non-hydrogen) atoms. The van der Waals surface area contributed by atoms with Gasteiger partial charge in [0.05, 0.1) is 22.2 Å². The molecule has 0 unspecified atom stereocenters. The number of carbonyl (C=O) groups is 1. The van der Waals surface area contributed by atoms with Crippen LogP contribution in [0.2, 0.25) is 5.02 Å². The third-order valence-electron chi connectivity index (χ3n) is 2.71. The summed E-state index contributed by atoms with van der Waals surface area (Å²) < 4.78 is 0. The minimum atomic E-state index is -0.504. The molecule has 0 saturated heterocycles. The molecule has 0 atom stereocenters. The average molecular weight is 291 g/mol. The minimum Gasteiger partial charge on any atom is -0.376 e. The Morgan fingerprint density at radius 3 is 2.40 bits per heavy atom. The van der Waals surface area contributed by atoms with Gasteiger partial charge in [-0.1, -0.05) is 23.7 Å². The Bertz CT molecular complexity index is 641. The Morgan fingerprint density at radius 2 is 1.80 bits per heavy atom. The zero-order valence-electron chi connectivity index (χ0n) is 10.4. The van der Waals surface area contributed by atoms with Gasteiger partial charge in [-0.25, -0.2) is 0 Å². The summed E-state index contributed by atoms with van der Waals surface area (Å²) in [5.41, 5.74) is 1.04. The monoisotopic (exact) mass is 290 g/mol. The molecule has 0 bridgehead atoms. The van der Waals surface area contributed by atoms with E-state index in [0.717, 1.165) is 0 Å². The molecule has 1 N–H and O–H groups in total. The molecule has 0 aromatic heterocycles. The second-order valence-electron chi connectivity index (χ2n) is 4.06. The van der Waals surface area contributed by atoms with Crippen LogP contribution in [-0.2, 0) is 0 Å². The first-order chi connectivity index (χ1) is 9.58. The number of nitro groups is 1. The first kappa shape index (κ1) is 14.0. The molecular formula is C14H11ClN2O3. The lowest BCUT2D eigenvalue weighted by Gasteiger charge is -2.07. The van der Waals surface area contributed by atoms with Gasteiger partial charge in [-0.3, -0.25) is 14.9 Å². The standard InChI is InChI=1S/C14H11ClN2O3/c15-12-3-1-2-4-13(12)16-9-14(18)10-5-7-11(8-6-10)17(19)20/h1-8,16H,9H2. The number of rotatable bonds is 5. The van der Waals surface area contributed by atoms with Gasteiger partial charge in [-0.15, -0.1) is 0 Å². The van der Waals surface area contributed by atoms with Crippen LogP contribution in [0.25, 0.3) is 0 Å². The number of nitrogens with one attached hydrogen (secondary N) is 1. The molecule has 0 heterocycles. The Hall–Kier alpha value is -2.40. The van der Waals surface area contributed by atoms with Gasteiger partial charge >= 0.3 is 0 Å². The number of nitrogens with zero attached hydrogens (tertiary/aromatic N) is 1. The summed E-state index contributed by atoms with van der Waals surface area (Å²) in [6, 6.07) is 12.6. The van der Waals surface area contributed by atoms with Gasteiger partial charge in [-0.2, -0.15) is 0 Å². The van der Waals surface area contributed by atoms with Crippen LogP contribution in [0, 0.1) is 10.1 Å². The number of hydrogen-bond acceptors (Lipinski definition) is 4. The second-order valence-corrected chi connectivity index (χ2v) is 4.47. The predicted octanol–water partition coefficient (Wildman–Crippen LogP) is 3.54. The number of nitro benzene ring substituents is 1. The lowest BCUT2D eigenvalue weighted by Crippen LogP contribution is -2.14. The van der Waals surface area contributed by atoms with E-state index in [0.29, 0.717) is 16.3 Å². The number of Topliss-reactive ketones (excluding diaryl/α,β-unsaturated/α-hetero) is 1. The molecule has 2 aromatic rings. The highest BCUT2D eigenvalue weighted by molar-refractivity contribution is 6.33. The fourth-order valence-electron chi connectivity index (χ4n) is 1.65. The maximum atomic E-state index is 11.9. The number of carbonyl (C=O) groups excluding carboxylic acids is 1. The van der Waals surface area contributed by atoms with Crippen molar-refractivity contribution in [3.05, 3.63) is 69.2 Å². The van der Waals surface area contributed by atoms with Crippen LogP contribution in [0.1, 0.15) is 10.4 Å². The number of anilines is 1. The third kappa shape index (κ3) is 3.33. The molecule has 0 spiro atoms. The van der Waals surface area contributed by atoms with Gasteiger partial charge in [0.2, 0.25) is 0 Å². The van der Waals surface area contributed by atoms with E-state index in [4.69, 9.17) is 11.6 Å². The van der Waals surface area contributed by atoms with Gasteiger partial charge < -0.3 is 5.32 Å². The van der Waals surface area contributed by atoms with Crippen molar-refractivity contribution in [1.29, 1.82) is 0 Å². The molecule has 102 valence electrons. The van der Waals surface area contributed by atoms with E-state index in [1.165, 1.54) is 24.3 Å². The number of halogens is 1. The fraction of sp³-hybridized carbons (Fsp3) is 0.0714. The summed E-state index contributed by atoms with van der Waals surface area (Å²) in [7, 11) is 0. The molecular weight excluding hydrogens is 280 g/mol. The maximum Gasteiger partial charge on any atom is 0.269 e. The lowest BCUT2D eigenvalue weighted by molar-refractivity contribution is -0.384. The molecule has 0 fully saturated rings. The van der Waals surface area contributed by atoms with Crippen LogP contribution < -0.4 is 5.32 Å². The zero-order chi connectivity index (χ0) is 14.5. The van der Waals surface area contributed by atoms with Crippen LogP contribution in [0.5, 0.6) is 0 Å². The first-order valence-electron chi connectivity index (χ1n) is 5.84. The van der Waals surface area contributed by atoms with Crippen molar-refractivity contribution < 1.29 is 9.72 Å². The van der Waals surface area contributed by atoms with Crippen LogP contribution in [0.4, 0.5) is 11.4 Å². The van der Waals surface area contributed by atoms with Crippen LogP contribution in [0.3, 0.4) is 0 Å². The quantitative estimate of drug-likeness (QED) is 0.519. The normalized spacial score (nSPS) is 10.1.